The summed E-state index contributed by atoms with van der Waals surface area (Å²) in [5, 5.41) is 13.5. The Morgan fingerprint density at radius 1 is 1.09 bits per heavy atom. The van der Waals surface area contributed by atoms with Gasteiger partial charge in [0.15, 0.2) is 0 Å². The molecule has 1 aliphatic rings. The highest BCUT2D eigenvalue weighted by Gasteiger charge is 2.26. The number of hydrogen-bond acceptors (Lipinski definition) is 9. The Balaban J connectivity index is 1.59. The molecule has 1 aromatic carbocycles. The first kappa shape index (κ1) is 33.1. The average molecular weight is 643 g/mol. The Morgan fingerprint density at radius 2 is 1.73 bits per heavy atom. The SMILES string of the molecule is CNc1ncc2cc(-c3c(Cl)c(OC)cc(OC)c3Cl)c(=O)n(CCCN3CCN(C(=O)C(C#N)=CC(C)(C)C)CC3)c2n1. The van der Waals surface area contributed by atoms with Gasteiger partial charge >= 0.3 is 0 Å². The Labute approximate surface area is 267 Å². The van der Waals surface area contributed by atoms with Crippen LogP contribution in [-0.4, -0.2) is 84.2 Å². The number of piperazine rings is 1. The highest BCUT2D eigenvalue weighted by atomic mass is 35.5. The van der Waals surface area contributed by atoms with E-state index in [-0.39, 0.29) is 38.1 Å². The van der Waals surface area contributed by atoms with E-state index in [1.807, 2.05) is 20.8 Å². The number of fused-ring (bicyclic) bond motifs is 1. The molecule has 3 aromatic rings. The van der Waals surface area contributed by atoms with E-state index in [1.54, 1.807) is 40.9 Å². The quantitative estimate of drug-likeness (QED) is 0.258. The van der Waals surface area contributed by atoms with E-state index in [2.05, 4.69) is 26.3 Å². The molecule has 0 aliphatic carbocycles. The highest BCUT2D eigenvalue weighted by Crippen LogP contribution is 2.45. The van der Waals surface area contributed by atoms with Gasteiger partial charge in [-0.2, -0.15) is 10.2 Å². The van der Waals surface area contributed by atoms with Crippen molar-refractivity contribution in [2.24, 2.45) is 5.41 Å². The van der Waals surface area contributed by atoms with Crippen LogP contribution in [0, 0.1) is 16.7 Å². The van der Waals surface area contributed by atoms with Gasteiger partial charge in [0.05, 0.1) is 29.8 Å². The monoisotopic (exact) mass is 641 g/mol. The number of nitrogens with one attached hydrogen (secondary N) is 1. The van der Waals surface area contributed by atoms with Gasteiger partial charge in [-0.05, 0) is 24.4 Å². The molecule has 1 amide bonds. The van der Waals surface area contributed by atoms with E-state index in [1.165, 1.54) is 14.2 Å². The summed E-state index contributed by atoms with van der Waals surface area (Å²) in [6.45, 7) is 9.31. The number of hydrogen-bond donors (Lipinski definition) is 1. The Hall–Kier alpha value is -3.85. The van der Waals surface area contributed by atoms with E-state index in [4.69, 9.17) is 32.7 Å². The molecule has 2 aromatic heterocycles. The molecule has 1 aliphatic heterocycles. The zero-order chi connectivity index (χ0) is 32.2. The number of aryl methyl sites for hydroxylation is 1. The summed E-state index contributed by atoms with van der Waals surface area (Å²) in [6.07, 6.45) is 4.01. The van der Waals surface area contributed by atoms with E-state index >= 15 is 0 Å². The second-order valence-corrected chi connectivity index (χ2v) is 12.3. The molecular weight excluding hydrogens is 605 g/mol. The molecule has 0 unspecified atom stereocenters. The van der Waals surface area contributed by atoms with Gasteiger partial charge in [0.1, 0.15) is 28.8 Å². The molecule has 1 saturated heterocycles. The molecule has 0 atom stereocenters. The van der Waals surface area contributed by atoms with Crippen molar-refractivity contribution in [1.82, 2.24) is 24.3 Å². The lowest BCUT2D eigenvalue weighted by Gasteiger charge is -2.34. The third-order valence-electron chi connectivity index (χ3n) is 7.34. The normalized spacial score (nSPS) is 14.4. The van der Waals surface area contributed by atoms with Crippen LogP contribution in [0.1, 0.15) is 27.2 Å². The molecule has 4 rings (SSSR count). The Kier molecular flexibility index (Phi) is 10.4. The lowest BCUT2D eigenvalue weighted by atomic mass is 9.93. The number of allylic oxidation sites excluding steroid dienone is 1. The number of carbonyl (C=O) groups is 1. The predicted octanol–water partition coefficient (Wildman–Crippen LogP) is 4.85. The van der Waals surface area contributed by atoms with Gasteiger partial charge in [0, 0.05) is 63.0 Å². The van der Waals surface area contributed by atoms with Crippen LogP contribution < -0.4 is 20.3 Å². The molecule has 0 spiro atoms. The number of pyridine rings is 1. The summed E-state index contributed by atoms with van der Waals surface area (Å²) in [4.78, 5) is 39.9. The van der Waals surface area contributed by atoms with Crippen LogP contribution in [-0.2, 0) is 11.3 Å². The van der Waals surface area contributed by atoms with Crippen molar-refractivity contribution in [3.8, 4) is 28.7 Å². The molecule has 1 fully saturated rings. The first-order valence-corrected chi connectivity index (χ1v) is 15.0. The summed E-state index contributed by atoms with van der Waals surface area (Å²) >= 11 is 13.4. The summed E-state index contributed by atoms with van der Waals surface area (Å²) in [6, 6.07) is 5.32. The smallest absolute Gasteiger partial charge is 0.264 e. The zero-order valence-electron chi connectivity index (χ0n) is 25.8. The third-order valence-corrected chi connectivity index (χ3v) is 8.09. The van der Waals surface area contributed by atoms with Crippen LogP contribution in [0.4, 0.5) is 5.95 Å². The van der Waals surface area contributed by atoms with Crippen LogP contribution in [0.15, 0.2) is 34.8 Å². The van der Waals surface area contributed by atoms with Crippen molar-refractivity contribution >= 4 is 46.1 Å². The molecule has 13 heteroatoms. The van der Waals surface area contributed by atoms with Gasteiger partial charge in [-0.25, -0.2) is 4.98 Å². The molecule has 0 radical (unpaired) electrons. The molecule has 0 bridgehead atoms. The number of halogens is 2. The number of anilines is 1. The van der Waals surface area contributed by atoms with Crippen molar-refractivity contribution in [1.29, 1.82) is 5.26 Å². The lowest BCUT2D eigenvalue weighted by molar-refractivity contribution is -0.128. The van der Waals surface area contributed by atoms with Crippen molar-refractivity contribution in [3.63, 3.8) is 0 Å². The van der Waals surface area contributed by atoms with Crippen molar-refractivity contribution in [3.05, 3.63) is 50.4 Å². The standard InChI is InChI=1S/C31H37Cl2N7O4/c1-31(2,3)16-20(17-34)28(41)39-12-10-38(11-13-39)8-7-9-40-27-19(18-36-30(35-4)37-27)14-21(29(40)42)24-25(32)22(43-5)15-23(44-6)26(24)33/h14-16,18H,7-13H2,1-6H3,(H,35,36,37). The Morgan fingerprint density at radius 3 is 2.27 bits per heavy atom. The molecule has 11 nitrogen and oxygen atoms in total. The maximum atomic E-state index is 14.1. The van der Waals surface area contributed by atoms with Crippen LogP contribution in [0.2, 0.25) is 10.0 Å². The number of rotatable bonds is 9. The first-order chi connectivity index (χ1) is 20.9. The summed E-state index contributed by atoms with van der Waals surface area (Å²) in [5.41, 5.74) is 0.646. The van der Waals surface area contributed by atoms with E-state index in [0.29, 0.717) is 79.7 Å². The minimum Gasteiger partial charge on any atom is -0.495 e. The second-order valence-electron chi connectivity index (χ2n) is 11.5. The maximum Gasteiger partial charge on any atom is 0.264 e. The molecule has 1 N–H and O–H groups in total. The number of methoxy groups -OCH3 is 2. The molecule has 0 saturated carbocycles. The molecule has 3 heterocycles. The lowest BCUT2D eigenvalue weighted by Crippen LogP contribution is -2.49. The average Bonchev–Trinajstić information content (AvgIpc) is 3.00. The predicted molar refractivity (Wildman–Crippen MR) is 173 cm³/mol. The van der Waals surface area contributed by atoms with Gasteiger partial charge in [-0.15, -0.1) is 0 Å². The number of aromatic nitrogens is 3. The van der Waals surface area contributed by atoms with Crippen molar-refractivity contribution < 1.29 is 14.3 Å². The number of nitrogens with zero attached hydrogens (tertiary/aromatic N) is 6. The topological polar surface area (TPSA) is 126 Å². The number of nitriles is 1. The third kappa shape index (κ3) is 7.09. The fourth-order valence-electron chi connectivity index (χ4n) is 5.16. The Bertz CT molecular complexity index is 1660. The van der Waals surface area contributed by atoms with Gasteiger partial charge in [0.25, 0.3) is 11.5 Å². The van der Waals surface area contributed by atoms with E-state index < -0.39 is 0 Å². The fraction of sp³-hybridized carbons (Fsp3) is 0.452. The van der Waals surface area contributed by atoms with Gasteiger partial charge in [-0.3, -0.25) is 19.1 Å². The van der Waals surface area contributed by atoms with Gasteiger partial charge in [-0.1, -0.05) is 50.0 Å². The highest BCUT2D eigenvalue weighted by molar-refractivity contribution is 6.41. The zero-order valence-corrected chi connectivity index (χ0v) is 27.3. The summed E-state index contributed by atoms with van der Waals surface area (Å²) in [7, 11) is 4.67. The fourth-order valence-corrected chi connectivity index (χ4v) is 5.86. The number of carbonyl (C=O) groups excluding carboxylic acids is 1. The van der Waals surface area contributed by atoms with Gasteiger partial charge < -0.3 is 19.7 Å². The summed E-state index contributed by atoms with van der Waals surface area (Å²) in [5.74, 6) is 0.798. The largest absolute Gasteiger partial charge is 0.495 e. The van der Waals surface area contributed by atoms with Crippen molar-refractivity contribution in [2.75, 3.05) is 59.3 Å². The maximum absolute atomic E-state index is 14.1. The van der Waals surface area contributed by atoms with Crippen LogP contribution in [0.3, 0.4) is 0 Å². The van der Waals surface area contributed by atoms with Crippen molar-refractivity contribution in [2.45, 2.75) is 33.7 Å². The first-order valence-electron chi connectivity index (χ1n) is 14.3. The molecule has 44 heavy (non-hydrogen) atoms. The number of benzene rings is 1. The van der Waals surface area contributed by atoms with Crippen LogP contribution >= 0.6 is 23.2 Å². The number of ether oxygens (including phenoxy) is 2. The second kappa shape index (κ2) is 13.8. The number of amides is 1. The minimum absolute atomic E-state index is 0.175. The molecule has 234 valence electrons. The van der Waals surface area contributed by atoms with Crippen LogP contribution in [0.5, 0.6) is 11.5 Å². The molecular formula is C31H37Cl2N7O4. The van der Waals surface area contributed by atoms with Gasteiger partial charge in [0.2, 0.25) is 5.95 Å². The van der Waals surface area contributed by atoms with E-state index in [9.17, 15) is 14.9 Å². The van der Waals surface area contributed by atoms with E-state index in [0.717, 1.165) is 0 Å². The van der Waals surface area contributed by atoms with Crippen LogP contribution in [0.25, 0.3) is 22.2 Å². The minimum atomic E-state index is -0.317. The summed E-state index contributed by atoms with van der Waals surface area (Å²) < 4.78 is 12.5.